The van der Waals surface area contributed by atoms with Crippen LogP contribution < -0.4 is 21.6 Å². The van der Waals surface area contributed by atoms with Crippen molar-refractivity contribution in [2.75, 3.05) is 89.9 Å². The highest BCUT2D eigenvalue weighted by Gasteiger charge is 2.21. The highest BCUT2D eigenvalue weighted by atomic mass is 127. The molecule has 20 heteroatoms. The van der Waals surface area contributed by atoms with Gasteiger partial charge in [-0.2, -0.15) is 0 Å². The molecule has 320 valence electrons. The predicted octanol–water partition coefficient (Wildman–Crippen LogP) is 7.49. The number of carbonyl (C=O) groups is 2. The number of aryl methyl sites for hydroxylation is 1. The number of ether oxygens (including phenoxy) is 5. The molecule has 4 aromatic rings. The van der Waals surface area contributed by atoms with Gasteiger partial charge in [-0.3, -0.25) is 19.3 Å². The van der Waals surface area contributed by atoms with E-state index >= 15 is 0 Å². The molecule has 0 aliphatic heterocycles. The summed E-state index contributed by atoms with van der Waals surface area (Å²) in [5, 5.41) is 5.12. The predicted molar refractivity (Wildman–Crippen MR) is 223 cm³/mol. The van der Waals surface area contributed by atoms with Crippen molar-refractivity contribution in [2.24, 2.45) is 0 Å². The minimum atomic E-state index is -1.35. The topological polar surface area (TPSA) is 147 Å². The van der Waals surface area contributed by atoms with Crippen molar-refractivity contribution in [3.8, 4) is 0 Å². The molecule has 2 amide bonds. The first kappa shape index (κ1) is 47.9. The fourth-order valence-electron chi connectivity index (χ4n) is 4.83. The van der Waals surface area contributed by atoms with E-state index in [1.165, 1.54) is 43.3 Å². The van der Waals surface area contributed by atoms with E-state index in [1.54, 1.807) is 12.1 Å². The van der Waals surface area contributed by atoms with Gasteiger partial charge in [0.05, 0.1) is 113 Å². The van der Waals surface area contributed by atoms with Crippen LogP contribution in [-0.4, -0.2) is 91.1 Å². The number of anilines is 4. The molecule has 0 aliphatic rings. The van der Waals surface area contributed by atoms with E-state index in [2.05, 4.69) is 21.6 Å². The molecule has 4 rings (SSSR count). The van der Waals surface area contributed by atoms with E-state index in [0.29, 0.717) is 40.2 Å². The van der Waals surface area contributed by atoms with Gasteiger partial charge in [0, 0.05) is 7.14 Å². The normalized spacial score (nSPS) is 11.1. The van der Waals surface area contributed by atoms with Crippen LogP contribution in [0.5, 0.6) is 0 Å². The zero-order valence-corrected chi connectivity index (χ0v) is 35.9. The van der Waals surface area contributed by atoms with Crippen LogP contribution in [0, 0.1) is 43.2 Å². The Hall–Kier alpha value is -3.75. The maximum Gasteiger partial charge on any atom is 0.277 e. The van der Waals surface area contributed by atoms with Crippen LogP contribution in [0.3, 0.4) is 0 Å². The van der Waals surface area contributed by atoms with Crippen molar-refractivity contribution in [1.82, 2.24) is 11.0 Å². The first-order chi connectivity index (χ1) is 28.5. The standard InChI is InChI=1S/C39H41F5I2N4O9/c1-24-2-5-27(36(34(24)43)47-32-8-3-25(45)22-30(32)41)38(51)49-58-20-18-56-16-14-54-12-10-53-11-13-55-15-17-57-19-21-59-50-39(52)28-6-7-29(40)35(44)37(28)48-33-9-4-26(46)23-31(33)42/h2-9,22-23,47-48H,10-21H2,1H3,(H,49,51)(H,50,52). The maximum atomic E-state index is 14.9. The molecule has 0 unspecified atom stereocenters. The fourth-order valence-corrected chi connectivity index (χ4v) is 5.74. The number of hydroxylamine groups is 2. The van der Waals surface area contributed by atoms with Crippen LogP contribution >= 0.6 is 45.2 Å². The lowest BCUT2D eigenvalue weighted by Gasteiger charge is -2.15. The number of benzene rings is 4. The molecule has 0 saturated heterocycles. The first-order valence-electron chi connectivity index (χ1n) is 17.9. The minimum Gasteiger partial charge on any atom is -0.377 e. The molecule has 0 aromatic heterocycles. The number of carbonyl (C=O) groups excluding carboxylic acids is 2. The van der Waals surface area contributed by atoms with Gasteiger partial charge in [-0.25, -0.2) is 32.9 Å². The molecule has 0 atom stereocenters. The van der Waals surface area contributed by atoms with Gasteiger partial charge in [-0.15, -0.1) is 0 Å². The molecule has 0 spiro atoms. The average molecular weight is 1060 g/mol. The van der Waals surface area contributed by atoms with Crippen molar-refractivity contribution in [2.45, 2.75) is 6.92 Å². The van der Waals surface area contributed by atoms with Gasteiger partial charge in [0.15, 0.2) is 11.6 Å². The minimum absolute atomic E-state index is 0.00999. The second-order valence-electron chi connectivity index (χ2n) is 12.0. The second kappa shape index (κ2) is 25.8. The summed E-state index contributed by atoms with van der Waals surface area (Å²) in [5.41, 5.74) is 3.43. The summed E-state index contributed by atoms with van der Waals surface area (Å²) in [5.74, 6) is -6.17. The third-order valence-electron chi connectivity index (χ3n) is 7.78. The van der Waals surface area contributed by atoms with Crippen molar-refractivity contribution in [3.63, 3.8) is 0 Å². The molecule has 4 aromatic carbocycles. The zero-order valence-electron chi connectivity index (χ0n) is 31.6. The van der Waals surface area contributed by atoms with Crippen molar-refractivity contribution in [1.29, 1.82) is 0 Å². The SMILES string of the molecule is Cc1ccc(C(=O)NOCCOCCOCCOCCOCCOCCONC(=O)c2ccc(F)c(F)c2Nc2ccc(I)cc2F)c(Nc2ccc(I)cc2F)c1F. The Kier molecular flexibility index (Phi) is 20.9. The molecule has 0 bridgehead atoms. The van der Waals surface area contributed by atoms with E-state index in [4.69, 9.17) is 33.4 Å². The summed E-state index contributed by atoms with van der Waals surface area (Å²) < 4.78 is 100. The van der Waals surface area contributed by atoms with E-state index in [-0.39, 0.29) is 80.0 Å². The largest absolute Gasteiger partial charge is 0.377 e. The quantitative estimate of drug-likeness (QED) is 0.0215. The molecular weight excluding hydrogens is 1020 g/mol. The van der Waals surface area contributed by atoms with Crippen molar-refractivity contribution >= 4 is 79.7 Å². The summed E-state index contributed by atoms with van der Waals surface area (Å²) in [6.07, 6.45) is 0. The van der Waals surface area contributed by atoms with Crippen LogP contribution in [0.15, 0.2) is 60.7 Å². The number of hydrogen-bond donors (Lipinski definition) is 4. The van der Waals surface area contributed by atoms with Crippen molar-refractivity contribution < 1.29 is 64.9 Å². The van der Waals surface area contributed by atoms with Gasteiger partial charge in [-0.05, 0) is 112 Å². The molecule has 0 heterocycles. The van der Waals surface area contributed by atoms with E-state index in [1.807, 2.05) is 45.2 Å². The molecular formula is C39H41F5I2N4O9. The smallest absolute Gasteiger partial charge is 0.277 e. The summed E-state index contributed by atoms with van der Waals surface area (Å²) in [4.78, 5) is 35.5. The van der Waals surface area contributed by atoms with Crippen LogP contribution in [0.25, 0.3) is 0 Å². The van der Waals surface area contributed by atoms with Gasteiger partial charge in [0.1, 0.15) is 17.5 Å². The highest BCUT2D eigenvalue weighted by Crippen LogP contribution is 2.30. The number of nitrogens with one attached hydrogen (secondary N) is 4. The van der Waals surface area contributed by atoms with Gasteiger partial charge in [0.25, 0.3) is 11.8 Å². The lowest BCUT2D eigenvalue weighted by molar-refractivity contribution is -0.0306. The van der Waals surface area contributed by atoms with E-state index < -0.39 is 46.6 Å². The fraction of sp³-hybridized carbons (Fsp3) is 0.333. The van der Waals surface area contributed by atoms with Crippen LogP contribution in [0.1, 0.15) is 26.3 Å². The molecule has 13 nitrogen and oxygen atoms in total. The molecule has 59 heavy (non-hydrogen) atoms. The number of halogens is 7. The third kappa shape index (κ3) is 16.0. The number of amides is 2. The lowest BCUT2D eigenvalue weighted by atomic mass is 10.1. The van der Waals surface area contributed by atoms with Gasteiger partial charge in [-0.1, -0.05) is 6.07 Å². The Morgan fingerprint density at radius 2 is 0.864 bits per heavy atom. The summed E-state index contributed by atoms with van der Waals surface area (Å²) in [6.45, 7) is 4.08. The lowest BCUT2D eigenvalue weighted by Crippen LogP contribution is -2.27. The van der Waals surface area contributed by atoms with Crippen LogP contribution in [0.2, 0.25) is 0 Å². The highest BCUT2D eigenvalue weighted by molar-refractivity contribution is 14.1. The van der Waals surface area contributed by atoms with E-state index in [0.717, 1.165) is 12.1 Å². The average Bonchev–Trinajstić information content (AvgIpc) is 3.20. The molecule has 0 radical (unpaired) electrons. The molecule has 0 fully saturated rings. The number of hydrogen-bond acceptors (Lipinski definition) is 11. The zero-order chi connectivity index (χ0) is 42.6. The Morgan fingerprint density at radius 1 is 0.492 bits per heavy atom. The summed E-state index contributed by atoms with van der Waals surface area (Å²) in [7, 11) is 0. The summed E-state index contributed by atoms with van der Waals surface area (Å²) in [6, 6.07) is 13.2. The van der Waals surface area contributed by atoms with Crippen molar-refractivity contribution in [3.05, 3.63) is 114 Å². The van der Waals surface area contributed by atoms with Gasteiger partial charge >= 0.3 is 0 Å². The Balaban J connectivity index is 0.953. The molecule has 0 aliphatic carbocycles. The summed E-state index contributed by atoms with van der Waals surface area (Å²) >= 11 is 3.86. The first-order valence-corrected chi connectivity index (χ1v) is 20.1. The van der Waals surface area contributed by atoms with Crippen LogP contribution in [0.4, 0.5) is 44.7 Å². The number of rotatable bonds is 26. The Morgan fingerprint density at radius 3 is 1.27 bits per heavy atom. The maximum absolute atomic E-state index is 14.9. The Bertz CT molecular complexity index is 1860. The van der Waals surface area contributed by atoms with Crippen LogP contribution in [-0.2, 0) is 33.4 Å². The van der Waals surface area contributed by atoms with Gasteiger partial charge in [0.2, 0.25) is 0 Å². The molecule has 4 N–H and O–H groups in total. The monoisotopic (exact) mass is 1060 g/mol. The molecule has 0 saturated carbocycles. The Labute approximate surface area is 364 Å². The van der Waals surface area contributed by atoms with Gasteiger partial charge < -0.3 is 34.3 Å². The third-order valence-corrected chi connectivity index (χ3v) is 9.12. The second-order valence-corrected chi connectivity index (χ2v) is 14.5. The van der Waals surface area contributed by atoms with E-state index in [9.17, 15) is 31.5 Å².